The first-order chi connectivity index (χ1) is 12.2. The summed E-state index contributed by atoms with van der Waals surface area (Å²) in [6, 6.07) is 1.42. The van der Waals surface area contributed by atoms with Crippen LogP contribution in [-0.2, 0) is 28.7 Å². The lowest BCUT2D eigenvalue weighted by Gasteiger charge is -2.30. The third-order valence-corrected chi connectivity index (χ3v) is 6.06. The van der Waals surface area contributed by atoms with Crippen molar-refractivity contribution < 1.29 is 24.0 Å². The Morgan fingerprint density at radius 3 is 2.62 bits per heavy atom. The average Bonchev–Trinajstić information content (AvgIpc) is 2.92. The van der Waals surface area contributed by atoms with E-state index < -0.39 is 21.7 Å². The molecule has 2 N–H and O–H groups in total. The molecule has 2 heterocycles. The molecule has 0 fully saturated rings. The molecule has 0 spiro atoms. The molecule has 0 saturated carbocycles. The lowest BCUT2D eigenvalue weighted by atomic mass is 9.98. The first kappa shape index (κ1) is 21.0. The highest BCUT2D eigenvalue weighted by molar-refractivity contribution is 7.84. The molecule has 26 heavy (non-hydrogen) atoms. The number of aromatic nitrogens is 1. The molecule has 0 saturated heterocycles. The monoisotopic (exact) mass is 384 g/mol. The maximum Gasteiger partial charge on any atom is 0.356 e. The number of aliphatic hydroxyl groups is 2. The summed E-state index contributed by atoms with van der Waals surface area (Å²) in [6.45, 7) is 7.92. The van der Waals surface area contributed by atoms with Crippen LogP contribution in [0.25, 0.3) is 0 Å². The van der Waals surface area contributed by atoms with Gasteiger partial charge in [-0.15, -0.1) is 0 Å². The lowest BCUT2D eigenvalue weighted by molar-refractivity contribution is 0.0519. The van der Waals surface area contributed by atoms with E-state index in [2.05, 4.69) is 4.98 Å². The van der Waals surface area contributed by atoms with Gasteiger partial charge in [0.05, 0.1) is 17.4 Å². The number of aliphatic hydroxyl groups excluding tert-OH is 2. The molecular weight excluding hydrogens is 356 g/mol. The van der Waals surface area contributed by atoms with E-state index in [0.29, 0.717) is 18.7 Å². The van der Waals surface area contributed by atoms with E-state index in [9.17, 15) is 19.2 Å². The van der Waals surface area contributed by atoms with Crippen molar-refractivity contribution in [2.75, 3.05) is 19.8 Å². The summed E-state index contributed by atoms with van der Waals surface area (Å²) >= 11 is 0. The largest absolute Gasteiger partial charge is 0.461 e. The lowest BCUT2D eigenvalue weighted by Crippen LogP contribution is -2.37. The van der Waals surface area contributed by atoms with Crippen LogP contribution in [0.3, 0.4) is 0 Å². The number of nitrogens with zero attached hydrogens (tertiary/aromatic N) is 2. The van der Waals surface area contributed by atoms with Crippen molar-refractivity contribution in [3.05, 3.63) is 28.6 Å². The Balaban J connectivity index is 2.52. The molecule has 1 unspecified atom stereocenters. The average molecular weight is 384 g/mol. The minimum atomic E-state index is -1.29. The predicted octanol–water partition coefficient (Wildman–Crippen LogP) is 1.49. The molecular formula is C18H28N2O5S. The molecule has 8 heteroatoms. The number of esters is 1. The van der Waals surface area contributed by atoms with E-state index in [1.165, 1.54) is 0 Å². The summed E-state index contributed by atoms with van der Waals surface area (Å²) in [6.07, 6.45) is 0.696. The standard InChI is InChI=1S/C18H28N2O5S/c1-5-25-17(23)14-10-12-11-20(26(24)18(2,3)4)15(7-9-22)16(12)13(19-14)6-8-21/h10,15,21-22H,5-9,11H2,1-4H3/t15-,26?/m1/s1. The van der Waals surface area contributed by atoms with Gasteiger partial charge < -0.3 is 14.9 Å². The summed E-state index contributed by atoms with van der Waals surface area (Å²) < 4.78 is 19.4. The first-order valence-corrected chi connectivity index (χ1v) is 9.95. The SMILES string of the molecule is CCOC(=O)c1cc2c(c(CCO)n1)[C@@H](CCO)N(S(=O)C(C)(C)C)C2. The van der Waals surface area contributed by atoms with Gasteiger partial charge in [-0.05, 0) is 51.3 Å². The highest BCUT2D eigenvalue weighted by atomic mass is 32.2. The topological polar surface area (TPSA) is 100.0 Å². The molecule has 0 amide bonds. The maximum atomic E-state index is 13.0. The number of ether oxygens (including phenoxy) is 1. The summed E-state index contributed by atoms with van der Waals surface area (Å²) in [5, 5.41) is 18.9. The molecule has 1 aliphatic heterocycles. The zero-order valence-electron chi connectivity index (χ0n) is 15.8. The van der Waals surface area contributed by atoms with Gasteiger partial charge in [0.15, 0.2) is 0 Å². The number of carbonyl (C=O) groups excluding carboxylic acids is 1. The predicted molar refractivity (Wildman–Crippen MR) is 98.9 cm³/mol. The van der Waals surface area contributed by atoms with Crippen LogP contribution >= 0.6 is 0 Å². The van der Waals surface area contributed by atoms with Crippen molar-refractivity contribution in [3.8, 4) is 0 Å². The molecule has 0 aliphatic carbocycles. The third-order valence-electron chi connectivity index (χ3n) is 4.20. The Bertz CT molecular complexity index is 687. The van der Waals surface area contributed by atoms with Gasteiger partial charge in [-0.3, -0.25) is 0 Å². The van der Waals surface area contributed by atoms with Crippen molar-refractivity contribution >= 4 is 17.0 Å². The van der Waals surface area contributed by atoms with Gasteiger partial charge >= 0.3 is 5.97 Å². The summed E-state index contributed by atoms with van der Waals surface area (Å²) in [4.78, 5) is 16.5. The van der Waals surface area contributed by atoms with Gasteiger partial charge in [0.25, 0.3) is 0 Å². The molecule has 1 aliphatic rings. The fraction of sp³-hybridized carbons (Fsp3) is 0.667. The molecule has 0 radical (unpaired) electrons. The number of rotatable bonds is 7. The molecule has 0 aromatic carbocycles. The van der Waals surface area contributed by atoms with Gasteiger partial charge in [-0.25, -0.2) is 18.3 Å². The number of hydrogen-bond acceptors (Lipinski definition) is 6. The van der Waals surface area contributed by atoms with Crippen molar-refractivity contribution in [1.29, 1.82) is 0 Å². The van der Waals surface area contributed by atoms with Gasteiger partial charge in [-0.1, -0.05) is 0 Å². The van der Waals surface area contributed by atoms with Crippen LogP contribution in [0, 0.1) is 0 Å². The molecule has 7 nitrogen and oxygen atoms in total. The second-order valence-electron chi connectivity index (χ2n) is 7.19. The molecule has 2 rings (SSSR count). The van der Waals surface area contributed by atoms with Crippen LogP contribution in [0.2, 0.25) is 0 Å². The highest BCUT2D eigenvalue weighted by Crippen LogP contribution is 2.41. The molecule has 1 aromatic heterocycles. The summed E-state index contributed by atoms with van der Waals surface area (Å²) in [5.74, 6) is -0.511. The van der Waals surface area contributed by atoms with Crippen molar-refractivity contribution in [3.63, 3.8) is 0 Å². The van der Waals surface area contributed by atoms with E-state index in [0.717, 1.165) is 11.1 Å². The van der Waals surface area contributed by atoms with Crippen molar-refractivity contribution in [2.24, 2.45) is 0 Å². The molecule has 0 bridgehead atoms. The van der Waals surface area contributed by atoms with Gasteiger partial charge in [-0.2, -0.15) is 0 Å². The fourth-order valence-corrected chi connectivity index (χ4v) is 4.57. The quantitative estimate of drug-likeness (QED) is 0.691. The third kappa shape index (κ3) is 4.31. The second kappa shape index (κ2) is 8.56. The molecule has 146 valence electrons. The van der Waals surface area contributed by atoms with Gasteiger partial charge in [0.2, 0.25) is 0 Å². The minimum Gasteiger partial charge on any atom is -0.461 e. The maximum absolute atomic E-state index is 13.0. The van der Waals surface area contributed by atoms with Crippen LogP contribution in [0.4, 0.5) is 0 Å². The summed E-state index contributed by atoms with van der Waals surface area (Å²) in [5.41, 5.74) is 2.50. The second-order valence-corrected chi connectivity index (χ2v) is 9.38. The number of fused-ring (bicyclic) bond motifs is 1. The Labute approximate surface area is 157 Å². The zero-order valence-corrected chi connectivity index (χ0v) is 16.6. The smallest absolute Gasteiger partial charge is 0.356 e. The Hall–Kier alpha value is -1.35. The number of carbonyl (C=O) groups is 1. The Kier molecular flexibility index (Phi) is 6.90. The number of hydrogen-bond donors (Lipinski definition) is 2. The van der Waals surface area contributed by atoms with Crippen LogP contribution in [-0.4, -0.2) is 54.2 Å². The Morgan fingerprint density at radius 2 is 2.08 bits per heavy atom. The number of pyridine rings is 1. The van der Waals surface area contributed by atoms with Crippen LogP contribution in [0.15, 0.2) is 6.07 Å². The van der Waals surface area contributed by atoms with E-state index in [4.69, 9.17) is 4.74 Å². The zero-order chi connectivity index (χ0) is 19.5. The Morgan fingerprint density at radius 1 is 1.38 bits per heavy atom. The van der Waals surface area contributed by atoms with E-state index in [1.807, 2.05) is 25.1 Å². The van der Waals surface area contributed by atoms with E-state index in [1.54, 1.807) is 13.0 Å². The van der Waals surface area contributed by atoms with Gasteiger partial charge in [0, 0.05) is 31.9 Å². The van der Waals surface area contributed by atoms with Crippen LogP contribution in [0.1, 0.15) is 67.5 Å². The fourth-order valence-electron chi connectivity index (χ4n) is 3.17. The van der Waals surface area contributed by atoms with Gasteiger partial charge in [0.1, 0.15) is 16.7 Å². The first-order valence-electron chi connectivity index (χ1n) is 8.84. The minimum absolute atomic E-state index is 0.0554. The molecule has 2 atom stereocenters. The van der Waals surface area contributed by atoms with Crippen LogP contribution in [0.5, 0.6) is 0 Å². The highest BCUT2D eigenvalue weighted by Gasteiger charge is 2.40. The summed E-state index contributed by atoms with van der Waals surface area (Å²) in [7, 11) is -1.29. The molecule has 1 aromatic rings. The van der Waals surface area contributed by atoms with E-state index >= 15 is 0 Å². The normalized spacial score (nSPS) is 18.6. The van der Waals surface area contributed by atoms with Crippen molar-refractivity contribution in [1.82, 2.24) is 9.29 Å². The van der Waals surface area contributed by atoms with Crippen LogP contribution < -0.4 is 0 Å². The van der Waals surface area contributed by atoms with E-state index in [-0.39, 0.29) is 38.0 Å². The van der Waals surface area contributed by atoms with Crippen molar-refractivity contribution in [2.45, 2.75) is 57.9 Å².